The van der Waals surface area contributed by atoms with E-state index in [0.717, 1.165) is 45.2 Å². The molecule has 7 nitrogen and oxygen atoms in total. The molecule has 26 heavy (non-hydrogen) atoms. The number of rotatable bonds is 13. The summed E-state index contributed by atoms with van der Waals surface area (Å²) in [6, 6.07) is 0.758. The quantitative estimate of drug-likeness (QED) is 0.340. The van der Waals surface area contributed by atoms with E-state index in [9.17, 15) is 0 Å². The molecule has 0 aromatic heterocycles. The van der Waals surface area contributed by atoms with Gasteiger partial charge >= 0.3 is 8.80 Å². The zero-order chi connectivity index (χ0) is 19.6. The van der Waals surface area contributed by atoms with Gasteiger partial charge in [-0.15, -0.1) is 0 Å². The first-order valence-electron chi connectivity index (χ1n) is 9.55. The standard InChI is InChI=1S/C17H40N2O5Si2/c1-18-9-11-19(12-10-18)15-17(24-25(5,6)7)16-23-13-8-14-26(20-2,21-3)22-4/h17H,8-16H2,1-7H3. The summed E-state index contributed by atoms with van der Waals surface area (Å²) in [5, 5.41) is 0. The number of ether oxygens (including phenoxy) is 1. The Bertz CT molecular complexity index is 364. The van der Waals surface area contributed by atoms with Crippen LogP contribution >= 0.6 is 0 Å². The molecular weight excluding hydrogens is 368 g/mol. The highest BCUT2D eigenvalue weighted by atomic mass is 28.4. The summed E-state index contributed by atoms with van der Waals surface area (Å²) < 4.78 is 28.7. The highest BCUT2D eigenvalue weighted by molar-refractivity contribution is 6.69. The summed E-state index contributed by atoms with van der Waals surface area (Å²) in [5.74, 6) is 0. The molecule has 1 atom stereocenters. The molecule has 0 aliphatic carbocycles. The Morgan fingerprint density at radius 1 is 0.923 bits per heavy atom. The molecule has 0 aromatic carbocycles. The molecule has 156 valence electrons. The Kier molecular flexibility index (Phi) is 11.0. The van der Waals surface area contributed by atoms with Crippen LogP contribution in [0.4, 0.5) is 0 Å². The van der Waals surface area contributed by atoms with Crippen LogP contribution in [0.3, 0.4) is 0 Å². The van der Waals surface area contributed by atoms with Crippen LogP contribution < -0.4 is 0 Å². The van der Waals surface area contributed by atoms with Crippen molar-refractivity contribution in [2.45, 2.75) is 38.2 Å². The molecule has 0 N–H and O–H groups in total. The molecule has 0 amide bonds. The van der Waals surface area contributed by atoms with Crippen molar-refractivity contribution in [3.05, 3.63) is 0 Å². The third kappa shape index (κ3) is 9.38. The van der Waals surface area contributed by atoms with Crippen molar-refractivity contribution in [3.8, 4) is 0 Å². The molecule has 1 aliphatic heterocycles. The minimum atomic E-state index is -2.49. The molecule has 1 fully saturated rings. The minimum absolute atomic E-state index is 0.138. The van der Waals surface area contributed by atoms with Crippen LogP contribution in [0, 0.1) is 0 Å². The van der Waals surface area contributed by atoms with E-state index in [1.807, 2.05) is 0 Å². The summed E-state index contributed by atoms with van der Waals surface area (Å²) in [6.07, 6.45) is 0.995. The lowest BCUT2D eigenvalue weighted by Crippen LogP contribution is -2.49. The van der Waals surface area contributed by atoms with Gasteiger partial charge in [-0.3, -0.25) is 4.90 Å². The van der Waals surface area contributed by atoms with Crippen molar-refractivity contribution in [1.29, 1.82) is 0 Å². The van der Waals surface area contributed by atoms with E-state index in [2.05, 4.69) is 36.5 Å². The monoisotopic (exact) mass is 408 g/mol. The highest BCUT2D eigenvalue weighted by Gasteiger charge is 2.36. The summed E-state index contributed by atoms with van der Waals surface area (Å²) in [4.78, 5) is 4.87. The van der Waals surface area contributed by atoms with E-state index < -0.39 is 17.1 Å². The van der Waals surface area contributed by atoms with Crippen molar-refractivity contribution in [1.82, 2.24) is 9.80 Å². The topological polar surface area (TPSA) is 52.6 Å². The van der Waals surface area contributed by atoms with E-state index in [0.29, 0.717) is 13.2 Å². The van der Waals surface area contributed by atoms with Crippen LogP contribution in [0.15, 0.2) is 0 Å². The number of likely N-dealkylation sites (N-methyl/N-ethyl adjacent to an activating group) is 1. The molecule has 0 aromatic rings. The Morgan fingerprint density at radius 3 is 2.00 bits per heavy atom. The van der Waals surface area contributed by atoms with Gasteiger partial charge in [0.25, 0.3) is 0 Å². The second-order valence-corrected chi connectivity index (χ2v) is 15.5. The van der Waals surface area contributed by atoms with E-state index in [4.69, 9.17) is 22.4 Å². The number of nitrogens with zero attached hydrogens (tertiary/aromatic N) is 2. The van der Waals surface area contributed by atoms with Crippen molar-refractivity contribution < 1.29 is 22.4 Å². The van der Waals surface area contributed by atoms with E-state index >= 15 is 0 Å². The average molecular weight is 409 g/mol. The van der Waals surface area contributed by atoms with Gasteiger partial charge in [0.15, 0.2) is 8.32 Å². The maximum atomic E-state index is 6.37. The zero-order valence-electron chi connectivity index (χ0n) is 17.9. The highest BCUT2D eigenvalue weighted by Crippen LogP contribution is 2.15. The van der Waals surface area contributed by atoms with E-state index in [1.165, 1.54) is 0 Å². The second kappa shape index (κ2) is 11.9. The second-order valence-electron chi connectivity index (χ2n) is 7.93. The smallest absolute Gasteiger partial charge is 0.411 e. The summed E-state index contributed by atoms with van der Waals surface area (Å²) in [5.41, 5.74) is 0. The lowest BCUT2D eigenvalue weighted by Gasteiger charge is -2.36. The molecule has 9 heteroatoms. The predicted molar refractivity (Wildman–Crippen MR) is 109 cm³/mol. The minimum Gasteiger partial charge on any atom is -0.411 e. The Hall–Kier alpha value is 0.154. The Morgan fingerprint density at radius 2 is 1.50 bits per heavy atom. The Labute approximate surface area is 162 Å². The molecule has 0 spiro atoms. The Balaban J connectivity index is 2.38. The molecule has 0 bridgehead atoms. The molecule has 1 rings (SSSR count). The lowest BCUT2D eigenvalue weighted by molar-refractivity contribution is 0.0169. The number of hydrogen-bond donors (Lipinski definition) is 0. The first-order valence-corrected chi connectivity index (χ1v) is 14.9. The maximum absolute atomic E-state index is 6.37. The van der Waals surface area contributed by atoms with Gasteiger partial charge in [0.1, 0.15) is 0 Å². The van der Waals surface area contributed by atoms with Gasteiger partial charge in [0.2, 0.25) is 0 Å². The normalized spacial score (nSPS) is 19.0. The number of hydrogen-bond acceptors (Lipinski definition) is 7. The fraction of sp³-hybridized carbons (Fsp3) is 1.00. The molecule has 1 unspecified atom stereocenters. The van der Waals surface area contributed by atoms with Gasteiger partial charge in [-0.05, 0) is 33.1 Å². The number of piperazine rings is 1. The van der Waals surface area contributed by atoms with E-state index in [1.54, 1.807) is 21.3 Å². The summed E-state index contributed by atoms with van der Waals surface area (Å²) >= 11 is 0. The zero-order valence-corrected chi connectivity index (χ0v) is 19.9. The van der Waals surface area contributed by atoms with Crippen molar-refractivity contribution in [2.24, 2.45) is 0 Å². The summed E-state index contributed by atoms with van der Waals surface area (Å²) in [6.45, 7) is 13.4. The summed E-state index contributed by atoms with van der Waals surface area (Å²) in [7, 11) is 3.02. The van der Waals surface area contributed by atoms with Gasteiger partial charge in [-0.1, -0.05) is 0 Å². The predicted octanol–water partition coefficient (Wildman–Crippen LogP) is 1.74. The van der Waals surface area contributed by atoms with Crippen molar-refractivity contribution in [2.75, 3.05) is 74.3 Å². The third-order valence-corrected chi connectivity index (χ3v) is 8.46. The largest absolute Gasteiger partial charge is 0.500 e. The molecule has 0 saturated carbocycles. The van der Waals surface area contributed by atoms with Crippen LogP contribution in [0.1, 0.15) is 6.42 Å². The van der Waals surface area contributed by atoms with Gasteiger partial charge in [-0.2, -0.15) is 0 Å². The molecule has 1 aliphatic rings. The average Bonchev–Trinajstić information content (AvgIpc) is 2.59. The van der Waals surface area contributed by atoms with Gasteiger partial charge < -0.3 is 27.3 Å². The van der Waals surface area contributed by atoms with Gasteiger partial charge in [-0.25, -0.2) is 0 Å². The van der Waals surface area contributed by atoms with Crippen LogP contribution in [-0.2, 0) is 22.4 Å². The van der Waals surface area contributed by atoms with Crippen LogP contribution in [-0.4, -0.2) is 107 Å². The van der Waals surface area contributed by atoms with Crippen LogP contribution in [0.2, 0.25) is 25.7 Å². The SMILES string of the molecule is CO[Si](CCCOCC(CN1CCN(C)CC1)O[Si](C)(C)C)(OC)OC. The first kappa shape index (κ1) is 24.2. The van der Waals surface area contributed by atoms with E-state index in [-0.39, 0.29) is 6.10 Å². The van der Waals surface area contributed by atoms with Crippen molar-refractivity contribution in [3.63, 3.8) is 0 Å². The van der Waals surface area contributed by atoms with Gasteiger partial charge in [0, 0.05) is 66.7 Å². The van der Waals surface area contributed by atoms with Crippen LogP contribution in [0.5, 0.6) is 0 Å². The van der Waals surface area contributed by atoms with Crippen LogP contribution in [0.25, 0.3) is 0 Å². The van der Waals surface area contributed by atoms with Crippen molar-refractivity contribution >= 4 is 17.1 Å². The molecule has 1 saturated heterocycles. The first-order chi connectivity index (χ1) is 12.2. The lowest BCUT2D eigenvalue weighted by atomic mass is 10.3. The maximum Gasteiger partial charge on any atom is 0.500 e. The fourth-order valence-corrected chi connectivity index (χ4v) is 5.94. The van der Waals surface area contributed by atoms with Gasteiger partial charge in [0.05, 0.1) is 12.7 Å². The molecular formula is C17H40N2O5Si2. The molecule has 0 radical (unpaired) electrons. The fourth-order valence-electron chi connectivity index (χ4n) is 3.10. The molecule has 1 heterocycles. The third-order valence-electron chi connectivity index (χ3n) is 4.59.